The first-order valence-corrected chi connectivity index (χ1v) is 19.5. The number of aliphatic hydroxyl groups is 2. The Balaban J connectivity index is 0.000000693. The number of nitrogens with two attached hydrogens (primary N) is 1. The molecule has 2 aromatic rings. The Morgan fingerprint density at radius 1 is 1.02 bits per heavy atom. The molecule has 0 bridgehead atoms. The van der Waals surface area contributed by atoms with E-state index in [4.69, 9.17) is 5.73 Å². The molecule has 0 aromatic heterocycles. The highest BCUT2D eigenvalue weighted by atomic mass is 79.9. The van der Waals surface area contributed by atoms with Crippen molar-refractivity contribution in [1.29, 1.82) is 0 Å². The smallest absolute Gasteiger partial charge is 0.235 e. The van der Waals surface area contributed by atoms with Gasteiger partial charge in [-0.2, -0.15) is 0 Å². The topological polar surface area (TPSA) is 114 Å². The molecule has 1 saturated heterocycles. The number of phenolic OH excluding ortho intramolecular Hbond substituents is 1. The average Bonchev–Trinajstić information content (AvgIpc) is 3.39. The number of carbonyl (C=O) groups is 1. The number of rotatable bonds is 12. The Morgan fingerprint density at radius 3 is 2.18 bits per heavy atom. The molecule has 286 valence electrons. The molecule has 2 aromatic carbocycles. The van der Waals surface area contributed by atoms with E-state index in [1.807, 2.05) is 57.1 Å². The van der Waals surface area contributed by atoms with Crippen molar-refractivity contribution in [3.8, 4) is 5.75 Å². The number of aromatic hydroxyl groups is 1. The summed E-state index contributed by atoms with van der Waals surface area (Å²) in [5.74, 6) is 1.08. The van der Waals surface area contributed by atoms with Crippen LogP contribution in [0.15, 0.2) is 46.9 Å². The van der Waals surface area contributed by atoms with Gasteiger partial charge in [-0.1, -0.05) is 108 Å². The van der Waals surface area contributed by atoms with Crippen molar-refractivity contribution >= 4 is 21.8 Å². The van der Waals surface area contributed by atoms with Gasteiger partial charge in [-0.15, -0.1) is 0 Å². The van der Waals surface area contributed by atoms with Crippen LogP contribution in [0.1, 0.15) is 97.8 Å². The second kappa shape index (κ2) is 23.5. The summed E-state index contributed by atoms with van der Waals surface area (Å²) in [6.07, 6.45) is 5.79. The Labute approximate surface area is 313 Å². The lowest BCUT2D eigenvalue weighted by molar-refractivity contribution is -0.124. The molecule has 2 aliphatic rings. The normalized spacial score (nSPS) is 21.5. The maximum atomic E-state index is 12.2. The fraction of sp³-hybridized carbons (Fsp3) is 0.683. The van der Waals surface area contributed by atoms with Crippen molar-refractivity contribution in [2.75, 3.05) is 46.9 Å². The van der Waals surface area contributed by atoms with Gasteiger partial charge < -0.3 is 26.0 Å². The van der Waals surface area contributed by atoms with Crippen LogP contribution in [-0.4, -0.2) is 88.9 Å². The van der Waals surface area contributed by atoms with Crippen LogP contribution in [0.5, 0.6) is 5.75 Å². The number of hydrogen-bond acceptors (Lipinski definition) is 7. The molecule has 1 amide bonds. The van der Waals surface area contributed by atoms with Crippen LogP contribution in [0.3, 0.4) is 0 Å². The summed E-state index contributed by atoms with van der Waals surface area (Å²) in [4.78, 5) is 18.5. The van der Waals surface area contributed by atoms with Gasteiger partial charge in [0.2, 0.25) is 5.91 Å². The number of amides is 1. The molecule has 1 heterocycles. The zero-order valence-electron chi connectivity index (χ0n) is 33.0. The zero-order chi connectivity index (χ0) is 38.0. The number of nitrogens with zero attached hydrogens (tertiary/aromatic N) is 3. The van der Waals surface area contributed by atoms with Gasteiger partial charge in [0.1, 0.15) is 5.75 Å². The molecular weight excluding hydrogens is 692 g/mol. The van der Waals surface area contributed by atoms with Crippen LogP contribution in [0.25, 0.3) is 0 Å². The van der Waals surface area contributed by atoms with Crippen LogP contribution < -0.4 is 5.73 Å². The summed E-state index contributed by atoms with van der Waals surface area (Å²) in [5, 5.41) is 29.9. The summed E-state index contributed by atoms with van der Waals surface area (Å²) >= 11 is 3.49. The van der Waals surface area contributed by atoms with Crippen molar-refractivity contribution < 1.29 is 20.1 Å². The molecule has 9 heteroatoms. The standard InChI is InChI=1S/C26H37BrN4O4.C9H18.C4H10.C2H6/c1-29(2)8-9-30(14-20-11-22(27)6-7-24(20)34)12-18-4-3-5-19(10-18)13-31-15-21(16-32)23(17-33)25(31)26(28)35;1-8-5-4-6-9(2,3)7-8;1-4(2)3;1-2/h3-7,10-11,21,23,25,32-34H,8-9,12-17H2,1-2H3,(H2,28,35);8H,4-7H2,1-3H3;4H,1-3H3;1-2H3. The van der Waals surface area contributed by atoms with Crippen molar-refractivity contribution in [1.82, 2.24) is 14.7 Å². The minimum atomic E-state index is -0.600. The first-order chi connectivity index (χ1) is 23.5. The number of halogens is 1. The lowest BCUT2D eigenvalue weighted by atomic mass is 9.73. The zero-order valence-corrected chi connectivity index (χ0v) is 34.5. The van der Waals surface area contributed by atoms with Gasteiger partial charge >= 0.3 is 0 Å². The van der Waals surface area contributed by atoms with E-state index in [0.29, 0.717) is 31.6 Å². The van der Waals surface area contributed by atoms with Gasteiger partial charge in [0.25, 0.3) is 0 Å². The lowest BCUT2D eigenvalue weighted by Crippen LogP contribution is -2.44. The van der Waals surface area contributed by atoms with E-state index in [0.717, 1.165) is 46.1 Å². The maximum absolute atomic E-state index is 12.2. The van der Waals surface area contributed by atoms with E-state index < -0.39 is 11.9 Å². The minimum absolute atomic E-state index is 0.0885. The summed E-state index contributed by atoms with van der Waals surface area (Å²) in [6, 6.07) is 13.1. The molecule has 1 aliphatic heterocycles. The molecule has 1 aliphatic carbocycles. The molecule has 0 radical (unpaired) electrons. The van der Waals surface area contributed by atoms with Gasteiger partial charge in [-0.3, -0.25) is 14.6 Å². The van der Waals surface area contributed by atoms with Crippen LogP contribution >= 0.6 is 15.9 Å². The Kier molecular flexibility index (Phi) is 21.7. The molecule has 2 fully saturated rings. The number of likely N-dealkylation sites (tertiary alicyclic amines) is 1. The number of primary amides is 1. The van der Waals surface area contributed by atoms with Crippen LogP contribution in [0, 0.1) is 29.1 Å². The van der Waals surface area contributed by atoms with Crippen molar-refractivity contribution in [2.45, 2.75) is 107 Å². The van der Waals surface area contributed by atoms with Crippen LogP contribution in [0.4, 0.5) is 0 Å². The SMILES string of the molecule is CC.CC(C)C.CC1CCCC(C)(C)C1.CN(C)CCN(Cc1cccc(CN2CC(CO)C(CO)C2C(N)=O)c1)Cc1cc(Br)ccc1O. The Hall–Kier alpha value is -2.01. The number of aliphatic hydroxyl groups excluding tert-OH is 2. The van der Waals surface area contributed by atoms with E-state index in [1.54, 1.807) is 6.07 Å². The Morgan fingerprint density at radius 2 is 1.66 bits per heavy atom. The molecule has 1 saturated carbocycles. The van der Waals surface area contributed by atoms with Crippen molar-refractivity contribution in [2.24, 2.45) is 34.8 Å². The highest BCUT2D eigenvalue weighted by Crippen LogP contribution is 2.38. The third kappa shape index (κ3) is 17.0. The van der Waals surface area contributed by atoms with Gasteiger partial charge in [-0.05, 0) is 73.5 Å². The van der Waals surface area contributed by atoms with Gasteiger partial charge in [0, 0.05) is 74.4 Å². The molecule has 5 N–H and O–H groups in total. The fourth-order valence-corrected chi connectivity index (χ4v) is 7.36. The van der Waals surface area contributed by atoms with Gasteiger partial charge in [0.15, 0.2) is 0 Å². The molecule has 50 heavy (non-hydrogen) atoms. The predicted molar refractivity (Wildman–Crippen MR) is 213 cm³/mol. The van der Waals surface area contributed by atoms with E-state index in [-0.39, 0.29) is 30.8 Å². The molecule has 4 rings (SSSR count). The van der Waals surface area contributed by atoms with Gasteiger partial charge in [-0.25, -0.2) is 0 Å². The largest absolute Gasteiger partial charge is 0.508 e. The Bertz CT molecular complexity index is 1240. The third-order valence-corrected chi connectivity index (χ3v) is 9.64. The second-order valence-corrected chi connectivity index (χ2v) is 16.7. The summed E-state index contributed by atoms with van der Waals surface area (Å²) in [6.45, 7) is 21.4. The van der Waals surface area contributed by atoms with Crippen molar-refractivity contribution in [3.63, 3.8) is 0 Å². The van der Waals surface area contributed by atoms with E-state index in [9.17, 15) is 20.1 Å². The molecule has 4 unspecified atom stereocenters. The van der Waals surface area contributed by atoms with E-state index in [2.05, 4.69) is 79.4 Å². The first-order valence-electron chi connectivity index (χ1n) is 18.7. The lowest BCUT2D eigenvalue weighted by Gasteiger charge is -2.33. The van der Waals surface area contributed by atoms with Crippen molar-refractivity contribution in [3.05, 3.63) is 63.6 Å². The monoisotopic (exact) mass is 762 g/mol. The summed E-state index contributed by atoms with van der Waals surface area (Å²) in [7, 11) is 4.08. The number of carbonyl (C=O) groups excluding carboxylic acids is 1. The number of hydrogen-bond donors (Lipinski definition) is 4. The second-order valence-electron chi connectivity index (χ2n) is 15.8. The predicted octanol–water partition coefficient (Wildman–Crippen LogP) is 7.52. The van der Waals surface area contributed by atoms with Crippen LogP contribution in [0.2, 0.25) is 0 Å². The molecular formula is C41H71BrN4O4. The first kappa shape index (κ1) is 46.0. The highest BCUT2D eigenvalue weighted by molar-refractivity contribution is 9.10. The molecule has 4 atom stereocenters. The third-order valence-electron chi connectivity index (χ3n) is 9.14. The van der Waals surface area contributed by atoms with Crippen LogP contribution in [-0.2, 0) is 24.4 Å². The number of benzene rings is 2. The summed E-state index contributed by atoms with van der Waals surface area (Å²) < 4.78 is 0.928. The summed E-state index contributed by atoms with van der Waals surface area (Å²) in [5.41, 5.74) is 9.35. The van der Waals surface area contributed by atoms with Gasteiger partial charge in [0.05, 0.1) is 6.04 Å². The number of likely N-dealkylation sites (N-methyl/N-ethyl adjacent to an activating group) is 1. The quantitative estimate of drug-likeness (QED) is 0.177. The molecule has 0 spiro atoms. The van der Waals surface area contributed by atoms with E-state index >= 15 is 0 Å². The average molecular weight is 764 g/mol. The maximum Gasteiger partial charge on any atom is 0.235 e. The number of phenols is 1. The molecule has 8 nitrogen and oxygen atoms in total. The fourth-order valence-electron chi connectivity index (χ4n) is 6.95. The van der Waals surface area contributed by atoms with E-state index in [1.165, 1.54) is 25.7 Å². The highest BCUT2D eigenvalue weighted by Gasteiger charge is 2.44. The minimum Gasteiger partial charge on any atom is -0.508 e.